The molecule has 3 atom stereocenters. The second kappa shape index (κ2) is 7.94. The molecule has 4 rings (SSSR count). The van der Waals surface area contributed by atoms with Crippen molar-refractivity contribution in [1.82, 2.24) is 0 Å². The first-order chi connectivity index (χ1) is 13.6. The smallest absolute Gasteiger partial charge is 0.325 e. The van der Waals surface area contributed by atoms with E-state index in [9.17, 15) is 14.7 Å². The van der Waals surface area contributed by atoms with Gasteiger partial charge in [0.25, 0.3) is 0 Å². The number of aliphatic hydroxyl groups is 1. The molecule has 0 spiro atoms. The van der Waals surface area contributed by atoms with Gasteiger partial charge in [0.05, 0.1) is 0 Å². The van der Waals surface area contributed by atoms with Crippen molar-refractivity contribution in [2.75, 3.05) is 5.75 Å². The lowest BCUT2D eigenvalue weighted by Crippen LogP contribution is -2.41. The van der Waals surface area contributed by atoms with Crippen LogP contribution in [0.4, 0.5) is 0 Å². The Morgan fingerprint density at radius 3 is 2.39 bits per heavy atom. The minimum atomic E-state index is -1.21. The highest BCUT2D eigenvalue weighted by molar-refractivity contribution is 8.01. The van der Waals surface area contributed by atoms with E-state index in [1.165, 1.54) is 11.8 Å². The topological polar surface area (TPSA) is 63.6 Å². The van der Waals surface area contributed by atoms with Crippen LogP contribution < -0.4 is 4.74 Å². The van der Waals surface area contributed by atoms with Crippen molar-refractivity contribution in [3.05, 3.63) is 77.9 Å². The minimum Gasteiger partial charge on any atom is -0.426 e. The van der Waals surface area contributed by atoms with Gasteiger partial charge in [0.1, 0.15) is 16.6 Å². The Balaban J connectivity index is 1.70. The van der Waals surface area contributed by atoms with Crippen LogP contribution in [-0.4, -0.2) is 27.9 Å². The molecule has 1 N–H and O–H groups in total. The lowest BCUT2D eigenvalue weighted by Gasteiger charge is -2.34. The zero-order valence-electron chi connectivity index (χ0n) is 15.4. The number of ether oxygens (including phenoxy) is 1. The lowest BCUT2D eigenvalue weighted by molar-refractivity contribution is -0.136. The fourth-order valence-corrected chi connectivity index (χ4v) is 5.63. The molecule has 0 unspecified atom stereocenters. The molecule has 1 heterocycles. The summed E-state index contributed by atoms with van der Waals surface area (Å²) in [6.07, 6.45) is 3.61. The van der Waals surface area contributed by atoms with Crippen LogP contribution in [0, 0.1) is 5.92 Å². The van der Waals surface area contributed by atoms with Gasteiger partial charge in [0, 0.05) is 18.1 Å². The van der Waals surface area contributed by atoms with E-state index >= 15 is 0 Å². The van der Waals surface area contributed by atoms with E-state index in [4.69, 9.17) is 4.74 Å². The highest BCUT2D eigenvalue weighted by Gasteiger charge is 2.54. The third-order valence-electron chi connectivity index (χ3n) is 5.40. The average molecular weight is 394 g/mol. The molecule has 2 aromatic carbocycles. The van der Waals surface area contributed by atoms with Crippen molar-refractivity contribution in [2.24, 2.45) is 5.92 Å². The van der Waals surface area contributed by atoms with Crippen LogP contribution in [0.25, 0.3) is 0 Å². The number of para-hydroxylation sites is 1. The Bertz CT molecular complexity index is 893. The molecule has 5 heteroatoms. The summed E-state index contributed by atoms with van der Waals surface area (Å²) in [6, 6.07) is 18.4. The van der Waals surface area contributed by atoms with Crippen molar-refractivity contribution < 1.29 is 19.4 Å². The largest absolute Gasteiger partial charge is 0.426 e. The van der Waals surface area contributed by atoms with Crippen LogP contribution in [0.2, 0.25) is 0 Å². The van der Waals surface area contributed by atoms with E-state index in [1.807, 2.05) is 48.5 Å². The average Bonchev–Trinajstić information content (AvgIpc) is 3.08. The van der Waals surface area contributed by atoms with Gasteiger partial charge in [0.15, 0.2) is 5.78 Å². The van der Waals surface area contributed by atoms with Gasteiger partial charge in [-0.1, -0.05) is 54.1 Å². The van der Waals surface area contributed by atoms with Crippen LogP contribution in [0.5, 0.6) is 5.75 Å². The van der Waals surface area contributed by atoms with E-state index in [0.717, 1.165) is 17.6 Å². The molecule has 0 aromatic heterocycles. The maximum Gasteiger partial charge on any atom is 0.325 e. The molecule has 0 saturated carbocycles. The Hall–Kier alpha value is -2.37. The van der Waals surface area contributed by atoms with Gasteiger partial charge in [0.2, 0.25) is 0 Å². The lowest BCUT2D eigenvalue weighted by atomic mass is 9.73. The Labute approximate surface area is 168 Å². The van der Waals surface area contributed by atoms with Gasteiger partial charge in [-0.15, -0.1) is 11.8 Å². The summed E-state index contributed by atoms with van der Waals surface area (Å²) in [6.45, 7) is 0. The molecular weight excluding hydrogens is 372 g/mol. The van der Waals surface area contributed by atoms with Crippen molar-refractivity contribution in [1.29, 1.82) is 0 Å². The molecule has 0 radical (unpaired) electrons. The summed E-state index contributed by atoms with van der Waals surface area (Å²) in [5.74, 6) is 0.0497. The first-order valence-corrected chi connectivity index (χ1v) is 10.5. The maximum absolute atomic E-state index is 13.0. The molecule has 4 nitrogen and oxygen atoms in total. The van der Waals surface area contributed by atoms with Gasteiger partial charge in [-0.3, -0.25) is 9.59 Å². The van der Waals surface area contributed by atoms with Crippen molar-refractivity contribution in [3.63, 3.8) is 0 Å². The maximum atomic E-state index is 13.0. The summed E-state index contributed by atoms with van der Waals surface area (Å²) < 4.78 is 5.59. The first kappa shape index (κ1) is 19.0. The Kier molecular flexibility index (Phi) is 5.38. The number of carbonyl (C=O) groups excluding carboxylic acids is 2. The van der Waals surface area contributed by atoms with Crippen molar-refractivity contribution in [2.45, 2.75) is 30.1 Å². The van der Waals surface area contributed by atoms with E-state index in [0.29, 0.717) is 24.3 Å². The summed E-state index contributed by atoms with van der Waals surface area (Å²) >= 11 is 1.40. The molecule has 1 fully saturated rings. The summed E-state index contributed by atoms with van der Waals surface area (Å²) in [5.41, 5.74) is 0.402. The van der Waals surface area contributed by atoms with Crippen LogP contribution in [-0.2, 0) is 15.2 Å². The normalized spacial score (nSPS) is 27.3. The third-order valence-corrected chi connectivity index (χ3v) is 6.83. The van der Waals surface area contributed by atoms with E-state index in [2.05, 4.69) is 0 Å². The third kappa shape index (κ3) is 3.64. The highest BCUT2D eigenvalue weighted by atomic mass is 32.2. The zero-order valence-corrected chi connectivity index (χ0v) is 16.2. The monoisotopic (exact) mass is 394 g/mol. The molecule has 2 aromatic rings. The summed E-state index contributed by atoms with van der Waals surface area (Å²) in [4.78, 5) is 25.1. The molecule has 1 saturated heterocycles. The zero-order chi connectivity index (χ0) is 19.6. The molecule has 144 valence electrons. The fraction of sp³-hybridized carbons (Fsp3) is 0.304. The molecule has 28 heavy (non-hydrogen) atoms. The molecule has 1 aliphatic heterocycles. The quantitative estimate of drug-likeness (QED) is 0.630. The standard InChI is InChI=1S/C23H22O4S/c24-18-11-7-8-16(14-18)20-21(22(25)27-19-12-5-2-6-13-19)28-15-23(20,26)17-9-3-1-4-10-17/h1-6,9-10,12-14,20-21,26H,7-8,11,15H2/t20-,21+,23-/m1/s1. The van der Waals surface area contributed by atoms with Gasteiger partial charge >= 0.3 is 5.97 Å². The second-order valence-corrected chi connectivity index (χ2v) is 8.40. The summed E-state index contributed by atoms with van der Waals surface area (Å²) in [7, 11) is 0. The predicted molar refractivity (Wildman–Crippen MR) is 109 cm³/mol. The number of rotatable bonds is 4. The SMILES string of the molecule is O=C1C=C([C@@H]2[C@@H](C(=O)Oc3ccccc3)SC[C@@]2(O)c2ccccc2)CCC1. The fourth-order valence-electron chi connectivity index (χ4n) is 4.07. The number of hydrogen-bond donors (Lipinski definition) is 1. The van der Waals surface area contributed by atoms with Gasteiger partial charge < -0.3 is 9.84 Å². The number of thioether (sulfide) groups is 1. The van der Waals surface area contributed by atoms with E-state index < -0.39 is 16.8 Å². The number of benzene rings is 2. The van der Waals surface area contributed by atoms with Gasteiger partial charge in [-0.05, 0) is 36.6 Å². The molecule has 0 bridgehead atoms. The van der Waals surface area contributed by atoms with Gasteiger partial charge in [-0.2, -0.15) is 0 Å². The Morgan fingerprint density at radius 1 is 1.04 bits per heavy atom. The number of carbonyl (C=O) groups is 2. The molecule has 1 aliphatic carbocycles. The van der Waals surface area contributed by atoms with E-state index in [1.54, 1.807) is 18.2 Å². The van der Waals surface area contributed by atoms with Crippen molar-refractivity contribution in [3.8, 4) is 5.75 Å². The van der Waals surface area contributed by atoms with Crippen LogP contribution in [0.15, 0.2) is 72.3 Å². The Morgan fingerprint density at radius 2 is 1.71 bits per heavy atom. The van der Waals surface area contributed by atoms with Crippen LogP contribution >= 0.6 is 11.8 Å². The number of allylic oxidation sites excluding steroid dienone is 1. The highest BCUT2D eigenvalue weighted by Crippen LogP contribution is 2.51. The minimum absolute atomic E-state index is 0.0590. The predicted octanol–water partition coefficient (Wildman–Crippen LogP) is 3.89. The second-order valence-electron chi connectivity index (χ2n) is 7.27. The van der Waals surface area contributed by atoms with Crippen LogP contribution in [0.3, 0.4) is 0 Å². The van der Waals surface area contributed by atoms with Crippen LogP contribution in [0.1, 0.15) is 24.8 Å². The molecule has 2 aliphatic rings. The van der Waals surface area contributed by atoms with Gasteiger partial charge in [-0.25, -0.2) is 0 Å². The first-order valence-electron chi connectivity index (χ1n) is 9.47. The number of esters is 1. The number of hydrogen-bond acceptors (Lipinski definition) is 5. The number of ketones is 1. The molecular formula is C23H22O4S. The van der Waals surface area contributed by atoms with Crippen molar-refractivity contribution >= 4 is 23.5 Å². The van der Waals surface area contributed by atoms with E-state index in [-0.39, 0.29) is 11.8 Å². The molecule has 0 amide bonds. The summed E-state index contributed by atoms with van der Waals surface area (Å²) in [5, 5.41) is 11.1.